The standard InChI is InChI=1S/C14H16FNO2/c1-10(9-17)16-8-13-6-7-14(18-13)11-2-4-12(15)5-3-11/h2-7,10,16-17H,8-9H2,1H3. The van der Waals surface area contributed by atoms with Crippen LogP contribution in [0.3, 0.4) is 0 Å². The Bertz CT molecular complexity index is 493. The molecule has 1 aromatic heterocycles. The Labute approximate surface area is 105 Å². The van der Waals surface area contributed by atoms with Gasteiger partial charge in [0.2, 0.25) is 0 Å². The highest BCUT2D eigenvalue weighted by Gasteiger charge is 2.06. The maximum atomic E-state index is 12.8. The predicted octanol–water partition coefficient (Wildman–Crippen LogP) is 2.56. The number of nitrogens with one attached hydrogen (secondary N) is 1. The van der Waals surface area contributed by atoms with Gasteiger partial charge in [-0.3, -0.25) is 0 Å². The van der Waals surface area contributed by atoms with Crippen LogP contribution >= 0.6 is 0 Å². The van der Waals surface area contributed by atoms with Crippen molar-refractivity contribution >= 4 is 0 Å². The van der Waals surface area contributed by atoms with Gasteiger partial charge < -0.3 is 14.8 Å². The molecule has 1 unspecified atom stereocenters. The second-order valence-electron chi connectivity index (χ2n) is 4.24. The van der Waals surface area contributed by atoms with Gasteiger partial charge in [-0.1, -0.05) is 0 Å². The second kappa shape index (κ2) is 5.80. The fourth-order valence-electron chi connectivity index (χ4n) is 1.58. The predicted molar refractivity (Wildman–Crippen MR) is 67.5 cm³/mol. The maximum absolute atomic E-state index is 12.8. The maximum Gasteiger partial charge on any atom is 0.134 e. The van der Waals surface area contributed by atoms with Crippen molar-refractivity contribution in [3.8, 4) is 11.3 Å². The Morgan fingerprint density at radius 2 is 1.94 bits per heavy atom. The SMILES string of the molecule is CC(CO)NCc1ccc(-c2ccc(F)cc2)o1. The molecule has 2 rings (SSSR count). The number of aliphatic hydroxyl groups is 1. The molecular weight excluding hydrogens is 233 g/mol. The van der Waals surface area contributed by atoms with Crippen molar-refractivity contribution in [1.29, 1.82) is 0 Å². The summed E-state index contributed by atoms with van der Waals surface area (Å²) in [7, 11) is 0. The third kappa shape index (κ3) is 3.18. The summed E-state index contributed by atoms with van der Waals surface area (Å²) in [6.07, 6.45) is 0. The third-order valence-corrected chi connectivity index (χ3v) is 2.69. The van der Waals surface area contributed by atoms with E-state index in [1.165, 1.54) is 12.1 Å². The van der Waals surface area contributed by atoms with E-state index in [1.54, 1.807) is 12.1 Å². The summed E-state index contributed by atoms with van der Waals surface area (Å²) in [6, 6.07) is 9.93. The van der Waals surface area contributed by atoms with Gasteiger partial charge in [-0.2, -0.15) is 0 Å². The lowest BCUT2D eigenvalue weighted by atomic mass is 10.2. The molecule has 3 nitrogen and oxygen atoms in total. The zero-order chi connectivity index (χ0) is 13.0. The fraction of sp³-hybridized carbons (Fsp3) is 0.286. The lowest BCUT2D eigenvalue weighted by Crippen LogP contribution is -2.28. The number of rotatable bonds is 5. The summed E-state index contributed by atoms with van der Waals surface area (Å²) in [4.78, 5) is 0. The van der Waals surface area contributed by atoms with Gasteiger partial charge in [-0.25, -0.2) is 4.39 Å². The average Bonchev–Trinajstić information content (AvgIpc) is 2.85. The van der Waals surface area contributed by atoms with E-state index >= 15 is 0 Å². The van der Waals surface area contributed by atoms with Gasteiger partial charge in [-0.05, 0) is 43.3 Å². The summed E-state index contributed by atoms with van der Waals surface area (Å²) in [5, 5.41) is 12.0. The summed E-state index contributed by atoms with van der Waals surface area (Å²) >= 11 is 0. The molecule has 18 heavy (non-hydrogen) atoms. The lowest BCUT2D eigenvalue weighted by molar-refractivity contribution is 0.248. The molecule has 0 radical (unpaired) electrons. The van der Waals surface area contributed by atoms with Crippen molar-refractivity contribution in [3.05, 3.63) is 48.0 Å². The summed E-state index contributed by atoms with van der Waals surface area (Å²) in [5.41, 5.74) is 0.845. The van der Waals surface area contributed by atoms with Crippen LogP contribution in [0.2, 0.25) is 0 Å². The van der Waals surface area contributed by atoms with Crippen LogP contribution < -0.4 is 5.32 Å². The Hall–Kier alpha value is -1.65. The zero-order valence-corrected chi connectivity index (χ0v) is 10.2. The number of benzene rings is 1. The molecule has 0 fully saturated rings. The number of furan rings is 1. The number of hydrogen-bond acceptors (Lipinski definition) is 3. The van der Waals surface area contributed by atoms with Crippen molar-refractivity contribution in [2.75, 3.05) is 6.61 Å². The highest BCUT2D eigenvalue weighted by Crippen LogP contribution is 2.22. The first-order valence-corrected chi connectivity index (χ1v) is 5.88. The molecule has 0 saturated carbocycles. The molecule has 1 aromatic carbocycles. The second-order valence-corrected chi connectivity index (χ2v) is 4.24. The molecule has 96 valence electrons. The van der Waals surface area contributed by atoms with E-state index in [9.17, 15) is 4.39 Å². The molecular formula is C14H16FNO2. The first-order chi connectivity index (χ1) is 8.69. The summed E-state index contributed by atoms with van der Waals surface area (Å²) < 4.78 is 18.4. The molecule has 0 spiro atoms. The van der Waals surface area contributed by atoms with Gasteiger partial charge in [-0.15, -0.1) is 0 Å². The monoisotopic (exact) mass is 249 g/mol. The minimum atomic E-state index is -0.260. The molecule has 0 aliphatic carbocycles. The molecule has 0 amide bonds. The van der Waals surface area contributed by atoms with Gasteiger partial charge in [0, 0.05) is 11.6 Å². The van der Waals surface area contributed by atoms with Crippen LogP contribution in [-0.4, -0.2) is 17.8 Å². The van der Waals surface area contributed by atoms with Crippen molar-refractivity contribution in [1.82, 2.24) is 5.32 Å². The summed E-state index contributed by atoms with van der Waals surface area (Å²) in [6.45, 7) is 2.54. The average molecular weight is 249 g/mol. The molecule has 4 heteroatoms. The van der Waals surface area contributed by atoms with Crippen LogP contribution in [-0.2, 0) is 6.54 Å². The molecule has 2 N–H and O–H groups in total. The number of hydrogen-bond donors (Lipinski definition) is 2. The van der Waals surface area contributed by atoms with Gasteiger partial charge in [0.05, 0.1) is 13.2 Å². The van der Waals surface area contributed by atoms with E-state index in [1.807, 2.05) is 19.1 Å². The Kier molecular flexibility index (Phi) is 4.12. The molecule has 1 atom stereocenters. The first-order valence-electron chi connectivity index (χ1n) is 5.88. The van der Waals surface area contributed by atoms with E-state index in [-0.39, 0.29) is 18.5 Å². The molecule has 0 aliphatic heterocycles. The molecule has 0 bridgehead atoms. The number of aliphatic hydroxyl groups excluding tert-OH is 1. The van der Waals surface area contributed by atoms with Crippen molar-refractivity contribution < 1.29 is 13.9 Å². The van der Waals surface area contributed by atoms with Crippen molar-refractivity contribution in [2.24, 2.45) is 0 Å². The number of halogens is 1. The quantitative estimate of drug-likeness (QED) is 0.856. The van der Waals surface area contributed by atoms with Crippen LogP contribution in [0.4, 0.5) is 4.39 Å². The molecule has 0 aliphatic rings. The van der Waals surface area contributed by atoms with Crippen LogP contribution in [0.1, 0.15) is 12.7 Å². The van der Waals surface area contributed by atoms with E-state index < -0.39 is 0 Å². The van der Waals surface area contributed by atoms with E-state index in [2.05, 4.69) is 5.32 Å². The van der Waals surface area contributed by atoms with Gasteiger partial charge in [0.15, 0.2) is 0 Å². The van der Waals surface area contributed by atoms with Crippen molar-refractivity contribution in [2.45, 2.75) is 19.5 Å². The van der Waals surface area contributed by atoms with E-state index in [0.717, 1.165) is 11.3 Å². The minimum Gasteiger partial charge on any atom is -0.460 e. The third-order valence-electron chi connectivity index (χ3n) is 2.69. The zero-order valence-electron chi connectivity index (χ0n) is 10.2. The summed E-state index contributed by atoms with van der Waals surface area (Å²) in [5.74, 6) is 1.24. The highest BCUT2D eigenvalue weighted by molar-refractivity contribution is 5.57. The van der Waals surface area contributed by atoms with Gasteiger partial charge >= 0.3 is 0 Å². The first kappa shape index (κ1) is 12.8. The Balaban J connectivity index is 2.03. The van der Waals surface area contributed by atoms with Crippen LogP contribution in [0, 0.1) is 5.82 Å². The normalized spacial score (nSPS) is 12.6. The van der Waals surface area contributed by atoms with Crippen LogP contribution in [0.5, 0.6) is 0 Å². The molecule has 1 heterocycles. The smallest absolute Gasteiger partial charge is 0.134 e. The topological polar surface area (TPSA) is 45.4 Å². The fourth-order valence-corrected chi connectivity index (χ4v) is 1.58. The van der Waals surface area contributed by atoms with Gasteiger partial charge in [0.25, 0.3) is 0 Å². The molecule has 2 aromatic rings. The largest absolute Gasteiger partial charge is 0.460 e. The lowest BCUT2D eigenvalue weighted by Gasteiger charge is -2.08. The highest BCUT2D eigenvalue weighted by atomic mass is 19.1. The van der Waals surface area contributed by atoms with Crippen LogP contribution in [0.15, 0.2) is 40.8 Å². The van der Waals surface area contributed by atoms with E-state index in [0.29, 0.717) is 12.3 Å². The Morgan fingerprint density at radius 3 is 2.61 bits per heavy atom. The van der Waals surface area contributed by atoms with Gasteiger partial charge in [0.1, 0.15) is 17.3 Å². The minimum absolute atomic E-state index is 0.0318. The van der Waals surface area contributed by atoms with Crippen molar-refractivity contribution in [3.63, 3.8) is 0 Å². The molecule has 0 saturated heterocycles. The Morgan fingerprint density at radius 1 is 1.22 bits per heavy atom. The van der Waals surface area contributed by atoms with Crippen LogP contribution in [0.25, 0.3) is 11.3 Å². The van der Waals surface area contributed by atoms with E-state index in [4.69, 9.17) is 9.52 Å².